The molecule has 0 spiro atoms. The van der Waals surface area contributed by atoms with Crippen LogP contribution in [0.5, 0.6) is 0 Å². The highest BCUT2D eigenvalue weighted by molar-refractivity contribution is 7.92. The molecular weight excluding hydrogens is 438 g/mol. The second kappa shape index (κ2) is 10.3. The first-order valence-corrected chi connectivity index (χ1v) is 12.0. The van der Waals surface area contributed by atoms with Crippen LogP contribution < -0.4 is 15.4 Å². The number of nitrogens with one attached hydrogen (secondary N) is 3. The van der Waals surface area contributed by atoms with Crippen molar-refractivity contribution in [3.63, 3.8) is 0 Å². The van der Waals surface area contributed by atoms with Gasteiger partial charge in [0.2, 0.25) is 5.91 Å². The van der Waals surface area contributed by atoms with E-state index >= 15 is 0 Å². The van der Waals surface area contributed by atoms with Crippen LogP contribution >= 0.6 is 0 Å². The van der Waals surface area contributed by atoms with Crippen LogP contribution in [0.2, 0.25) is 0 Å². The quantitative estimate of drug-likeness (QED) is 0.466. The Bertz CT molecular complexity index is 1240. The molecule has 0 aliphatic heterocycles. The number of sulfonamides is 1. The van der Waals surface area contributed by atoms with E-state index in [1.165, 1.54) is 18.2 Å². The molecule has 0 fully saturated rings. The predicted molar refractivity (Wildman–Crippen MR) is 130 cm³/mol. The van der Waals surface area contributed by atoms with Gasteiger partial charge in [0.25, 0.3) is 15.9 Å². The number of hydrogen-bond acceptors (Lipinski definition) is 4. The molecule has 0 atom stereocenters. The van der Waals surface area contributed by atoms with Crippen LogP contribution in [0, 0.1) is 6.92 Å². The second-order valence-electron chi connectivity index (χ2n) is 8.05. The van der Waals surface area contributed by atoms with E-state index in [1.807, 2.05) is 32.9 Å². The van der Waals surface area contributed by atoms with Gasteiger partial charge in [-0.15, -0.1) is 0 Å². The zero-order chi connectivity index (χ0) is 24.0. The van der Waals surface area contributed by atoms with Crippen molar-refractivity contribution in [2.45, 2.75) is 38.1 Å². The van der Waals surface area contributed by atoms with Gasteiger partial charge in [0.1, 0.15) is 0 Å². The summed E-state index contributed by atoms with van der Waals surface area (Å²) < 4.78 is 28.0. The first-order chi connectivity index (χ1) is 15.6. The minimum Gasteiger partial charge on any atom is -0.354 e. The van der Waals surface area contributed by atoms with Crippen LogP contribution in [-0.4, -0.2) is 26.3 Å². The van der Waals surface area contributed by atoms with E-state index in [0.717, 1.165) is 11.1 Å². The van der Waals surface area contributed by atoms with Crippen molar-refractivity contribution in [1.82, 2.24) is 5.32 Å². The lowest BCUT2D eigenvalue weighted by molar-refractivity contribution is -0.120. The fourth-order valence-corrected chi connectivity index (χ4v) is 4.21. The fraction of sp³-hybridized carbons (Fsp3) is 0.200. The molecule has 0 aliphatic rings. The Balaban J connectivity index is 1.68. The molecule has 0 aliphatic carbocycles. The summed E-state index contributed by atoms with van der Waals surface area (Å²) in [5.74, 6) is -0.508. The molecule has 0 heterocycles. The van der Waals surface area contributed by atoms with Gasteiger partial charge in [0, 0.05) is 23.0 Å². The SMILES string of the molecule is Cc1ccc(NS(=O)(=O)c2cccc(C(=O)Nc3ccc(CC(=O)NC(C)C)cc3)c2)cc1. The number of benzene rings is 3. The Morgan fingerprint density at radius 1 is 0.879 bits per heavy atom. The van der Waals surface area contributed by atoms with Crippen molar-refractivity contribution in [3.05, 3.63) is 89.5 Å². The highest BCUT2D eigenvalue weighted by Crippen LogP contribution is 2.19. The van der Waals surface area contributed by atoms with Gasteiger partial charge >= 0.3 is 0 Å². The van der Waals surface area contributed by atoms with Gasteiger partial charge in [0.05, 0.1) is 11.3 Å². The number of anilines is 2. The van der Waals surface area contributed by atoms with Crippen LogP contribution in [0.15, 0.2) is 77.7 Å². The van der Waals surface area contributed by atoms with Gasteiger partial charge in [-0.3, -0.25) is 14.3 Å². The molecule has 172 valence electrons. The monoisotopic (exact) mass is 465 g/mol. The molecule has 0 saturated heterocycles. The van der Waals surface area contributed by atoms with E-state index in [0.29, 0.717) is 11.4 Å². The van der Waals surface area contributed by atoms with Crippen LogP contribution in [0.4, 0.5) is 11.4 Å². The van der Waals surface area contributed by atoms with Crippen LogP contribution in [0.25, 0.3) is 0 Å². The Morgan fingerprint density at radius 2 is 1.52 bits per heavy atom. The smallest absolute Gasteiger partial charge is 0.261 e. The third-order valence-electron chi connectivity index (χ3n) is 4.74. The number of aryl methyl sites for hydroxylation is 1. The third kappa shape index (κ3) is 6.92. The van der Waals surface area contributed by atoms with E-state index in [1.54, 1.807) is 42.5 Å². The van der Waals surface area contributed by atoms with Crippen molar-refractivity contribution in [1.29, 1.82) is 0 Å². The maximum Gasteiger partial charge on any atom is 0.261 e. The molecule has 0 unspecified atom stereocenters. The van der Waals surface area contributed by atoms with Crippen molar-refractivity contribution in [2.75, 3.05) is 10.0 Å². The molecule has 3 rings (SSSR count). The Hall–Kier alpha value is -3.65. The molecule has 0 radical (unpaired) electrons. The standard InChI is InChI=1S/C25H27N3O4S/c1-17(2)26-24(29)15-19-9-13-21(14-10-19)27-25(30)20-5-4-6-23(16-20)33(31,32)28-22-11-7-18(3)8-12-22/h4-14,16-17,28H,15H2,1-3H3,(H,26,29)(H,27,30). The van der Waals surface area contributed by atoms with E-state index < -0.39 is 15.9 Å². The van der Waals surface area contributed by atoms with Crippen LogP contribution in [0.1, 0.15) is 35.3 Å². The van der Waals surface area contributed by atoms with E-state index in [-0.39, 0.29) is 28.8 Å². The average molecular weight is 466 g/mol. The van der Waals surface area contributed by atoms with Crippen molar-refractivity contribution >= 4 is 33.2 Å². The summed E-state index contributed by atoms with van der Waals surface area (Å²) in [7, 11) is -3.85. The highest BCUT2D eigenvalue weighted by atomic mass is 32.2. The molecule has 0 saturated carbocycles. The Labute approximate surface area is 194 Å². The molecule has 8 heteroatoms. The number of carbonyl (C=O) groups is 2. The maximum atomic E-state index is 12.7. The van der Waals surface area contributed by atoms with Gasteiger partial charge < -0.3 is 10.6 Å². The van der Waals surface area contributed by atoms with E-state index in [9.17, 15) is 18.0 Å². The molecule has 7 nitrogen and oxygen atoms in total. The summed E-state index contributed by atoms with van der Waals surface area (Å²) in [6.45, 7) is 5.71. The third-order valence-corrected chi connectivity index (χ3v) is 6.12. The number of rotatable bonds is 8. The molecule has 33 heavy (non-hydrogen) atoms. The molecule has 3 aromatic carbocycles. The van der Waals surface area contributed by atoms with Gasteiger partial charge in [-0.05, 0) is 68.8 Å². The van der Waals surface area contributed by atoms with Crippen LogP contribution in [-0.2, 0) is 21.2 Å². The van der Waals surface area contributed by atoms with Crippen molar-refractivity contribution < 1.29 is 18.0 Å². The average Bonchev–Trinajstić information content (AvgIpc) is 2.76. The normalized spacial score (nSPS) is 11.2. The molecule has 3 N–H and O–H groups in total. The second-order valence-corrected chi connectivity index (χ2v) is 9.73. The lowest BCUT2D eigenvalue weighted by atomic mass is 10.1. The van der Waals surface area contributed by atoms with Gasteiger partial charge in [-0.25, -0.2) is 8.42 Å². The molecule has 0 aromatic heterocycles. The minimum absolute atomic E-state index is 0.0118. The lowest BCUT2D eigenvalue weighted by Crippen LogP contribution is -2.31. The summed E-state index contributed by atoms with van der Waals surface area (Å²) >= 11 is 0. The first kappa shape index (κ1) is 24.0. The summed E-state index contributed by atoms with van der Waals surface area (Å²) in [4.78, 5) is 24.5. The lowest BCUT2D eigenvalue weighted by Gasteiger charge is -2.11. The van der Waals surface area contributed by atoms with Gasteiger partial charge in [-0.2, -0.15) is 0 Å². The molecule has 0 bridgehead atoms. The minimum atomic E-state index is -3.85. The first-order valence-electron chi connectivity index (χ1n) is 10.5. The van der Waals surface area contributed by atoms with E-state index in [2.05, 4.69) is 15.4 Å². The predicted octanol–water partition coefficient (Wildman–Crippen LogP) is 4.12. The zero-order valence-electron chi connectivity index (χ0n) is 18.8. The summed E-state index contributed by atoms with van der Waals surface area (Å²) in [6.07, 6.45) is 0.250. The summed E-state index contributed by atoms with van der Waals surface area (Å²) in [6, 6.07) is 19.8. The largest absolute Gasteiger partial charge is 0.354 e. The molecule has 3 aromatic rings. The Kier molecular flexibility index (Phi) is 7.50. The highest BCUT2D eigenvalue weighted by Gasteiger charge is 2.17. The molecule has 2 amide bonds. The van der Waals surface area contributed by atoms with Crippen molar-refractivity contribution in [2.24, 2.45) is 0 Å². The van der Waals surface area contributed by atoms with Crippen LogP contribution in [0.3, 0.4) is 0 Å². The molecular formula is C25H27N3O4S. The van der Waals surface area contributed by atoms with E-state index in [4.69, 9.17) is 0 Å². The Morgan fingerprint density at radius 3 is 2.15 bits per heavy atom. The number of carbonyl (C=O) groups excluding carboxylic acids is 2. The summed E-state index contributed by atoms with van der Waals surface area (Å²) in [5.41, 5.74) is 3.03. The maximum absolute atomic E-state index is 12.7. The van der Waals surface area contributed by atoms with Crippen molar-refractivity contribution in [3.8, 4) is 0 Å². The fourth-order valence-electron chi connectivity index (χ4n) is 3.11. The van der Waals surface area contributed by atoms with Gasteiger partial charge in [0.15, 0.2) is 0 Å². The van der Waals surface area contributed by atoms with Gasteiger partial charge in [-0.1, -0.05) is 35.9 Å². The summed E-state index contributed by atoms with van der Waals surface area (Å²) in [5, 5.41) is 5.58. The number of hydrogen-bond donors (Lipinski definition) is 3. The topological polar surface area (TPSA) is 104 Å². The number of amides is 2. The zero-order valence-corrected chi connectivity index (χ0v) is 19.6.